The summed E-state index contributed by atoms with van der Waals surface area (Å²) in [6.07, 6.45) is 9.57. The van der Waals surface area contributed by atoms with Crippen LogP contribution in [0.2, 0.25) is 0 Å². The van der Waals surface area contributed by atoms with Crippen molar-refractivity contribution in [3.63, 3.8) is 0 Å². The average Bonchev–Trinajstić information content (AvgIpc) is 3.71. The molecule has 3 spiro atoms. The molecule has 23 atom stereocenters. The van der Waals surface area contributed by atoms with Crippen molar-refractivity contribution in [2.24, 2.45) is 75.2 Å². The Kier molecular flexibility index (Phi) is 13.3. The Bertz CT molecular complexity index is 2380. The third-order valence-corrected chi connectivity index (χ3v) is 22.5. The van der Waals surface area contributed by atoms with E-state index in [1.54, 1.807) is 19.9 Å². The second-order valence-electron chi connectivity index (χ2n) is 25.6. The molecule has 6 saturated carbocycles. The highest BCUT2D eigenvalue weighted by molar-refractivity contribution is 6.03. The van der Waals surface area contributed by atoms with Gasteiger partial charge in [0.15, 0.2) is 5.78 Å². The predicted molar refractivity (Wildman–Crippen MR) is 270 cm³/mol. The lowest BCUT2D eigenvalue weighted by Crippen LogP contribution is -2.79. The van der Waals surface area contributed by atoms with Crippen molar-refractivity contribution in [1.82, 2.24) is 10.6 Å². The van der Waals surface area contributed by atoms with E-state index in [-0.39, 0.29) is 75.0 Å². The number of dihydropyridines is 1. The molecule has 0 radical (unpaired) electrons. The monoisotopic (exact) mass is 1020 g/mol. The Morgan fingerprint density at radius 1 is 0.986 bits per heavy atom. The number of aliphatic hydroxyl groups is 10. The number of nitrogens with one attached hydrogen (secondary N) is 2. The van der Waals surface area contributed by atoms with Gasteiger partial charge in [-0.25, -0.2) is 0 Å². The molecule has 0 aromatic carbocycles. The van der Waals surface area contributed by atoms with E-state index in [9.17, 15) is 51.1 Å². The molecular weight excluding hydrogens is 931 g/mol. The number of nitrogens with two attached hydrogens (primary N) is 1. The van der Waals surface area contributed by atoms with E-state index in [4.69, 9.17) is 10.5 Å². The lowest BCUT2D eigenvalue weighted by Gasteiger charge is -2.74. The summed E-state index contributed by atoms with van der Waals surface area (Å²) in [5.74, 6) is 1.36. The lowest BCUT2D eigenvalue weighted by molar-refractivity contribution is -0.291. The molecule has 2 heterocycles. The van der Waals surface area contributed by atoms with Crippen LogP contribution in [0.15, 0.2) is 46.8 Å². The van der Waals surface area contributed by atoms with Gasteiger partial charge in [-0.1, -0.05) is 50.3 Å². The summed E-state index contributed by atoms with van der Waals surface area (Å²) in [5, 5.41) is 134. The number of Topliss-reactive ketones (excluding diaryl/α,β-unsaturated/α-hetero) is 1. The van der Waals surface area contributed by atoms with Crippen LogP contribution < -0.4 is 16.4 Å². The quantitative estimate of drug-likeness (QED) is 0.0989. The Labute approximate surface area is 430 Å². The summed E-state index contributed by atoms with van der Waals surface area (Å²) in [6, 6.07) is 0. The smallest absolute Gasteiger partial charge is 0.186 e. The van der Waals surface area contributed by atoms with Crippen LogP contribution in [0, 0.1) is 81.3 Å². The molecule has 12 rings (SSSR count). The molecule has 1 unspecified atom stereocenters. The van der Waals surface area contributed by atoms with Crippen molar-refractivity contribution in [2.45, 2.75) is 202 Å². The molecule has 12 aliphatic rings. The second kappa shape index (κ2) is 18.5. The number of hydrogen-bond acceptors (Lipinski definition) is 15. The van der Waals surface area contributed by atoms with Gasteiger partial charge in [0.25, 0.3) is 0 Å². The van der Waals surface area contributed by atoms with E-state index in [1.165, 1.54) is 0 Å². The summed E-state index contributed by atoms with van der Waals surface area (Å²) in [7, 11) is 0. The lowest BCUT2D eigenvalue weighted by atomic mass is 9.29. The number of carbonyl (C=O) groups is 1. The number of ketones is 1. The van der Waals surface area contributed by atoms with Gasteiger partial charge in [0.1, 0.15) is 5.60 Å². The first-order valence-corrected chi connectivity index (χ1v) is 28.4. The number of rotatable bonds is 12. The van der Waals surface area contributed by atoms with Crippen molar-refractivity contribution in [1.29, 1.82) is 0 Å². The van der Waals surface area contributed by atoms with Crippen LogP contribution >= 0.6 is 0 Å². The average molecular weight is 1020 g/mol. The molecule has 15 heteroatoms. The minimum atomic E-state index is -2.11. The van der Waals surface area contributed by atoms with Crippen molar-refractivity contribution in [3.05, 3.63) is 46.8 Å². The van der Waals surface area contributed by atoms with Crippen LogP contribution in [-0.2, 0) is 9.53 Å². The molecule has 15 nitrogen and oxygen atoms in total. The van der Waals surface area contributed by atoms with Crippen LogP contribution in [0.25, 0.3) is 0 Å². The number of hydrogen-bond donors (Lipinski definition) is 13. The molecule has 73 heavy (non-hydrogen) atoms. The maximum Gasteiger partial charge on any atom is 0.186 e. The molecule has 0 amide bonds. The molecule has 404 valence electrons. The molecule has 7 bridgehead atoms. The Morgan fingerprint density at radius 2 is 1.75 bits per heavy atom. The zero-order chi connectivity index (χ0) is 51.8. The number of ether oxygens (including phenoxy) is 1. The maximum absolute atomic E-state index is 16.7. The molecule has 10 aliphatic carbocycles. The molecule has 0 aromatic rings. The van der Waals surface area contributed by atoms with Gasteiger partial charge in [-0.15, -0.1) is 5.92 Å². The summed E-state index contributed by atoms with van der Waals surface area (Å²) >= 11 is 0. The first kappa shape index (κ1) is 52.4. The maximum atomic E-state index is 16.7. The van der Waals surface area contributed by atoms with E-state index in [2.05, 4.69) is 29.4 Å². The topological polar surface area (TPSA) is 279 Å². The Balaban J connectivity index is 1.15. The summed E-state index contributed by atoms with van der Waals surface area (Å²) in [4.78, 5) is 16.7. The molecule has 14 N–H and O–H groups in total. The third kappa shape index (κ3) is 7.03. The van der Waals surface area contributed by atoms with Crippen molar-refractivity contribution < 1.29 is 60.6 Å². The van der Waals surface area contributed by atoms with Gasteiger partial charge in [0.05, 0.1) is 83.2 Å². The standard InChI is InChI=1S/C58H85N3O12/c1-4-8-32-12-14-36-42(18-13-32)73-51-45(36)40(65)11-6-23-58(51,72)52(3,69)43-21-25-57(71)46-47(60-28-31(2)64)50(68)54-22-5-9-33(29-63)56(43,57)30-53(70)24-20-34(35-15-19-44(59)61-39(35)10-7-26-62)37-16-17-38(54)48(67)41(66)27-55(37,54)49(46)53/h15,19-20,24,31-34,36-38,40-45,48-49,51,60-67,69-72H,4,6-8,10-14,16-18,21-23,25-30,59H2,1-3H3/t31-,32-,33-,34+,36+,37-,38-,40-,41-,42+,43+,44?,45+,48+,49+,51+,52+,53-,54-,55-,56-,57+,58+/m0/s1. The summed E-state index contributed by atoms with van der Waals surface area (Å²) in [5.41, 5.74) is -4.44. The van der Waals surface area contributed by atoms with E-state index in [0.717, 1.165) is 49.8 Å². The van der Waals surface area contributed by atoms with Crippen LogP contribution in [0.3, 0.4) is 0 Å². The highest BCUT2D eigenvalue weighted by Crippen LogP contribution is 2.81. The zero-order valence-electron chi connectivity index (χ0n) is 43.3. The van der Waals surface area contributed by atoms with Crippen LogP contribution in [0.4, 0.5) is 0 Å². The first-order valence-electron chi connectivity index (χ1n) is 28.4. The van der Waals surface area contributed by atoms with Crippen molar-refractivity contribution in [2.75, 3.05) is 19.8 Å². The molecule has 2 aliphatic heterocycles. The van der Waals surface area contributed by atoms with Gasteiger partial charge < -0.3 is 72.2 Å². The van der Waals surface area contributed by atoms with Crippen LogP contribution in [0.5, 0.6) is 0 Å². The molecule has 7 fully saturated rings. The van der Waals surface area contributed by atoms with E-state index >= 15 is 4.79 Å². The fourth-order valence-electron chi connectivity index (χ4n) is 19.8. The number of allylic oxidation sites excluding steroid dienone is 5. The van der Waals surface area contributed by atoms with Crippen LogP contribution in [0.1, 0.15) is 136 Å². The SMILES string of the molecule is CCC[C@H]1CC[C@H]2[C@H]3[C@@H](O[C@@H]2CC1)[C@@](O)([C@](C)(O)[C@H]1CC[C@@]2(O)C4=C(NC[C@H](C)O)C(=O)[C@]56CC#C[C@@H](CO)[C@@]12C[C@@]1(O)C=C[C@H](C2=C(CCCO)NC(N)C=C2)[C@@H]2CC[C@H]5[C@@H](O)[C@@H](O)C[C@@]26[C@H]41)CCC[C@@H]3O. The number of aliphatic hydroxyl groups excluding tert-OH is 6. The van der Waals surface area contributed by atoms with Crippen molar-refractivity contribution in [3.8, 4) is 11.8 Å². The van der Waals surface area contributed by atoms with Crippen LogP contribution in [-0.4, -0.2) is 142 Å². The van der Waals surface area contributed by atoms with E-state index < -0.39 is 129 Å². The Hall–Kier alpha value is -2.69. The van der Waals surface area contributed by atoms with Gasteiger partial charge in [-0.3, -0.25) is 4.79 Å². The highest BCUT2D eigenvalue weighted by Gasteiger charge is 2.85. The summed E-state index contributed by atoms with van der Waals surface area (Å²) < 4.78 is 7.07. The van der Waals surface area contributed by atoms with Gasteiger partial charge in [0, 0.05) is 65.7 Å². The highest BCUT2D eigenvalue weighted by atomic mass is 16.5. The zero-order valence-corrected chi connectivity index (χ0v) is 43.3. The van der Waals surface area contributed by atoms with E-state index in [1.807, 2.05) is 18.2 Å². The van der Waals surface area contributed by atoms with Gasteiger partial charge in [-0.05, 0) is 139 Å². The normalized spacial score (nSPS) is 50.6. The van der Waals surface area contributed by atoms with Gasteiger partial charge in [-0.2, -0.15) is 0 Å². The fourth-order valence-corrected chi connectivity index (χ4v) is 19.8. The molecular formula is C58H85N3O12. The third-order valence-electron chi connectivity index (χ3n) is 22.5. The number of fused-ring (bicyclic) bond motifs is 6. The van der Waals surface area contributed by atoms with Gasteiger partial charge in [0.2, 0.25) is 0 Å². The minimum absolute atomic E-state index is 0.0263. The summed E-state index contributed by atoms with van der Waals surface area (Å²) in [6.45, 7) is 4.64. The fraction of sp³-hybridized carbons (Fsp3) is 0.810. The van der Waals surface area contributed by atoms with E-state index in [0.29, 0.717) is 44.4 Å². The molecule has 1 saturated heterocycles. The minimum Gasteiger partial charge on any atom is -0.396 e. The molecule has 0 aromatic heterocycles. The second-order valence-corrected chi connectivity index (χ2v) is 25.6. The largest absolute Gasteiger partial charge is 0.396 e. The first-order chi connectivity index (χ1) is 34.8. The predicted octanol–water partition coefficient (Wildman–Crippen LogP) is 2.49. The number of carbonyl (C=O) groups excluding carboxylic acids is 1. The van der Waals surface area contributed by atoms with Gasteiger partial charge >= 0.3 is 0 Å². The van der Waals surface area contributed by atoms with Crippen molar-refractivity contribution >= 4 is 5.78 Å². The Morgan fingerprint density at radius 3 is 2.49 bits per heavy atom.